The Bertz CT molecular complexity index is 536. The number of anilines is 1. The van der Waals surface area contributed by atoms with Gasteiger partial charge >= 0.3 is 0 Å². The molecule has 0 spiro atoms. The van der Waals surface area contributed by atoms with Crippen LogP contribution in [0, 0.1) is 13.8 Å². The minimum absolute atomic E-state index is 0.593. The molecule has 0 bridgehead atoms. The van der Waals surface area contributed by atoms with Crippen molar-refractivity contribution in [3.8, 4) is 5.69 Å². The lowest BCUT2D eigenvalue weighted by molar-refractivity contribution is 0.942. The van der Waals surface area contributed by atoms with Crippen molar-refractivity contribution in [2.75, 3.05) is 19.0 Å². The lowest BCUT2D eigenvalue weighted by Gasteiger charge is -2.15. The highest BCUT2D eigenvalue weighted by atomic mass is 15.1. The smallest absolute Gasteiger partial charge is 0.0456 e. The van der Waals surface area contributed by atoms with Gasteiger partial charge in [-0.15, -0.1) is 0 Å². The molecule has 2 rings (SSSR count). The van der Waals surface area contributed by atoms with E-state index in [0.29, 0.717) is 6.54 Å². The first-order chi connectivity index (χ1) is 8.54. The molecule has 0 fully saturated rings. The van der Waals surface area contributed by atoms with Crippen LogP contribution in [0.5, 0.6) is 0 Å². The monoisotopic (exact) mass is 243 g/mol. The van der Waals surface area contributed by atoms with Gasteiger partial charge in [0.1, 0.15) is 0 Å². The quantitative estimate of drug-likeness (QED) is 0.899. The van der Waals surface area contributed by atoms with Gasteiger partial charge in [-0.05, 0) is 49.7 Å². The van der Waals surface area contributed by atoms with Crippen molar-refractivity contribution in [3.05, 3.63) is 47.3 Å². The maximum Gasteiger partial charge on any atom is 0.0456 e. The Kier molecular flexibility index (Phi) is 3.43. The SMILES string of the molecule is Cc1cc(CN)c(C)n1-c1ccc(N(C)C)cc1. The van der Waals surface area contributed by atoms with Gasteiger partial charge in [0.15, 0.2) is 0 Å². The maximum absolute atomic E-state index is 5.75. The third kappa shape index (κ3) is 2.14. The molecular formula is C15H21N3. The van der Waals surface area contributed by atoms with Crippen molar-refractivity contribution in [3.63, 3.8) is 0 Å². The molecule has 0 unspecified atom stereocenters. The van der Waals surface area contributed by atoms with E-state index < -0.39 is 0 Å². The van der Waals surface area contributed by atoms with Crippen LogP contribution in [0.2, 0.25) is 0 Å². The fraction of sp³-hybridized carbons (Fsp3) is 0.333. The zero-order valence-electron chi connectivity index (χ0n) is 11.6. The average Bonchev–Trinajstić information content (AvgIpc) is 2.64. The van der Waals surface area contributed by atoms with Crippen LogP contribution in [0.25, 0.3) is 5.69 Å². The molecular weight excluding hydrogens is 222 g/mol. The number of hydrogen-bond donors (Lipinski definition) is 1. The normalized spacial score (nSPS) is 10.7. The molecule has 0 saturated carbocycles. The second-order valence-electron chi connectivity index (χ2n) is 4.85. The molecule has 2 aromatic rings. The van der Waals surface area contributed by atoms with Crippen LogP contribution in [0.15, 0.2) is 30.3 Å². The van der Waals surface area contributed by atoms with Crippen LogP contribution in [-0.2, 0) is 6.54 Å². The summed E-state index contributed by atoms with van der Waals surface area (Å²) in [5.74, 6) is 0. The molecule has 18 heavy (non-hydrogen) atoms. The third-order valence-electron chi connectivity index (χ3n) is 3.38. The van der Waals surface area contributed by atoms with Crippen LogP contribution in [0.1, 0.15) is 17.0 Å². The highest BCUT2D eigenvalue weighted by Gasteiger charge is 2.09. The molecule has 0 atom stereocenters. The van der Waals surface area contributed by atoms with Gasteiger partial charge in [-0.1, -0.05) is 0 Å². The van der Waals surface area contributed by atoms with Crippen LogP contribution >= 0.6 is 0 Å². The van der Waals surface area contributed by atoms with Gasteiger partial charge in [-0.2, -0.15) is 0 Å². The number of aryl methyl sites for hydroxylation is 1. The fourth-order valence-electron chi connectivity index (χ4n) is 2.33. The summed E-state index contributed by atoms with van der Waals surface area (Å²) in [4.78, 5) is 2.10. The largest absolute Gasteiger partial charge is 0.378 e. The zero-order valence-corrected chi connectivity index (χ0v) is 11.6. The lowest BCUT2D eigenvalue weighted by Crippen LogP contribution is -2.08. The van der Waals surface area contributed by atoms with Gasteiger partial charge in [-0.3, -0.25) is 0 Å². The zero-order chi connectivity index (χ0) is 13.3. The number of hydrogen-bond acceptors (Lipinski definition) is 2. The first-order valence-corrected chi connectivity index (χ1v) is 6.20. The van der Waals surface area contributed by atoms with E-state index >= 15 is 0 Å². The van der Waals surface area contributed by atoms with Crippen molar-refractivity contribution < 1.29 is 0 Å². The third-order valence-corrected chi connectivity index (χ3v) is 3.38. The first kappa shape index (κ1) is 12.7. The second kappa shape index (κ2) is 4.86. The molecule has 0 amide bonds. The van der Waals surface area contributed by atoms with E-state index in [2.05, 4.69) is 53.6 Å². The predicted octanol–water partition coefficient (Wildman–Crippen LogP) is 2.62. The Labute approximate surface area is 109 Å². The molecule has 0 aliphatic rings. The van der Waals surface area contributed by atoms with Crippen molar-refractivity contribution in [1.29, 1.82) is 0 Å². The van der Waals surface area contributed by atoms with Gasteiger partial charge in [0.05, 0.1) is 0 Å². The molecule has 0 aliphatic heterocycles. The molecule has 96 valence electrons. The molecule has 2 N–H and O–H groups in total. The minimum atomic E-state index is 0.593. The van der Waals surface area contributed by atoms with Crippen molar-refractivity contribution >= 4 is 5.69 Å². The summed E-state index contributed by atoms with van der Waals surface area (Å²) in [5, 5.41) is 0. The van der Waals surface area contributed by atoms with E-state index in [1.54, 1.807) is 0 Å². The van der Waals surface area contributed by atoms with Gasteiger partial charge in [-0.25, -0.2) is 0 Å². The highest BCUT2D eigenvalue weighted by molar-refractivity contribution is 5.51. The standard InChI is InChI=1S/C15H21N3/c1-11-9-13(10-16)12(2)18(11)15-7-5-14(6-8-15)17(3)4/h5-9H,10,16H2,1-4H3. The van der Waals surface area contributed by atoms with Gasteiger partial charge in [0.2, 0.25) is 0 Å². The topological polar surface area (TPSA) is 34.2 Å². The van der Waals surface area contributed by atoms with E-state index in [-0.39, 0.29) is 0 Å². The van der Waals surface area contributed by atoms with Crippen LogP contribution in [-0.4, -0.2) is 18.7 Å². The minimum Gasteiger partial charge on any atom is -0.378 e. The second-order valence-corrected chi connectivity index (χ2v) is 4.85. The Balaban J connectivity index is 2.45. The fourth-order valence-corrected chi connectivity index (χ4v) is 2.33. The number of benzene rings is 1. The summed E-state index contributed by atoms with van der Waals surface area (Å²) in [5.41, 5.74) is 11.8. The summed E-state index contributed by atoms with van der Waals surface area (Å²) in [6, 6.07) is 10.7. The number of nitrogens with two attached hydrogens (primary N) is 1. The highest BCUT2D eigenvalue weighted by Crippen LogP contribution is 2.22. The van der Waals surface area contributed by atoms with E-state index in [1.165, 1.54) is 28.3 Å². The lowest BCUT2D eigenvalue weighted by atomic mass is 10.2. The summed E-state index contributed by atoms with van der Waals surface area (Å²) in [6.45, 7) is 4.83. The van der Waals surface area contributed by atoms with Gasteiger partial charge < -0.3 is 15.2 Å². The predicted molar refractivity (Wildman–Crippen MR) is 77.5 cm³/mol. The molecule has 0 saturated heterocycles. The molecule has 1 aromatic carbocycles. The molecule has 3 nitrogen and oxygen atoms in total. The maximum atomic E-state index is 5.75. The summed E-state index contributed by atoms with van der Waals surface area (Å²) < 4.78 is 2.25. The molecule has 1 heterocycles. The molecule has 0 radical (unpaired) electrons. The van der Waals surface area contributed by atoms with Gasteiger partial charge in [0, 0.05) is 43.4 Å². The van der Waals surface area contributed by atoms with E-state index in [9.17, 15) is 0 Å². The summed E-state index contributed by atoms with van der Waals surface area (Å²) >= 11 is 0. The molecule has 3 heteroatoms. The van der Waals surface area contributed by atoms with Crippen molar-refractivity contribution in [2.24, 2.45) is 5.73 Å². The van der Waals surface area contributed by atoms with Crippen LogP contribution in [0.3, 0.4) is 0 Å². The molecule has 0 aliphatic carbocycles. The number of nitrogens with zero attached hydrogens (tertiary/aromatic N) is 2. The van der Waals surface area contributed by atoms with Crippen LogP contribution < -0.4 is 10.6 Å². The van der Waals surface area contributed by atoms with E-state index in [0.717, 1.165) is 0 Å². The molecule has 1 aromatic heterocycles. The Morgan fingerprint density at radius 3 is 2.17 bits per heavy atom. The van der Waals surface area contributed by atoms with Gasteiger partial charge in [0.25, 0.3) is 0 Å². The average molecular weight is 243 g/mol. The Hall–Kier alpha value is -1.74. The van der Waals surface area contributed by atoms with Crippen molar-refractivity contribution in [1.82, 2.24) is 4.57 Å². The summed E-state index contributed by atoms with van der Waals surface area (Å²) in [6.07, 6.45) is 0. The van der Waals surface area contributed by atoms with Crippen LogP contribution in [0.4, 0.5) is 5.69 Å². The number of rotatable bonds is 3. The van der Waals surface area contributed by atoms with E-state index in [1.807, 2.05) is 14.1 Å². The Morgan fingerprint density at radius 1 is 1.11 bits per heavy atom. The van der Waals surface area contributed by atoms with Crippen molar-refractivity contribution in [2.45, 2.75) is 20.4 Å². The Morgan fingerprint density at radius 2 is 1.72 bits per heavy atom. The van der Waals surface area contributed by atoms with E-state index in [4.69, 9.17) is 5.73 Å². The first-order valence-electron chi connectivity index (χ1n) is 6.20. The number of aromatic nitrogens is 1. The summed E-state index contributed by atoms with van der Waals surface area (Å²) in [7, 11) is 4.10.